The third-order valence-electron chi connectivity index (χ3n) is 4.06. The van der Waals surface area contributed by atoms with Gasteiger partial charge in [-0.05, 0) is 40.8 Å². The molecule has 0 fully saturated rings. The fraction of sp³-hybridized carbons (Fsp3) is 0.211. The Labute approximate surface area is 143 Å². The fourth-order valence-corrected chi connectivity index (χ4v) is 3.20. The molecule has 3 aromatic rings. The van der Waals surface area contributed by atoms with Crippen LogP contribution in [0.3, 0.4) is 0 Å². The maximum Gasteiger partial charge on any atom is 0.307 e. The summed E-state index contributed by atoms with van der Waals surface area (Å²) in [6.45, 7) is 4.32. The Hall–Kier alpha value is -2.07. The number of carbonyl (C=O) groups is 1. The predicted octanol–water partition coefficient (Wildman–Crippen LogP) is 5.35. The van der Waals surface area contributed by atoms with Crippen LogP contribution in [0, 0.1) is 0 Å². The smallest absolute Gasteiger partial charge is 0.307 e. The highest BCUT2D eigenvalue weighted by Crippen LogP contribution is 2.33. The first-order chi connectivity index (χ1) is 11.0. The summed E-state index contributed by atoms with van der Waals surface area (Å²) in [5.74, 6) is -0.355. The number of carboxylic acid groups (broad SMARTS) is 1. The van der Waals surface area contributed by atoms with Crippen molar-refractivity contribution in [2.45, 2.75) is 26.2 Å². The molecule has 0 aliphatic heterocycles. The molecule has 0 aliphatic carbocycles. The molecule has 3 nitrogen and oxygen atoms in total. The summed E-state index contributed by atoms with van der Waals surface area (Å²) in [6, 6.07) is 14.2. The minimum Gasteiger partial charge on any atom is -0.481 e. The molecular weight excluding hydrogens is 354 g/mol. The quantitative estimate of drug-likeness (QED) is 0.649. The van der Waals surface area contributed by atoms with E-state index in [-0.39, 0.29) is 6.42 Å². The minimum atomic E-state index is -0.828. The van der Waals surface area contributed by atoms with E-state index in [1.54, 1.807) is 0 Å². The van der Waals surface area contributed by atoms with Crippen LogP contribution in [0.4, 0.5) is 0 Å². The van der Waals surface area contributed by atoms with Crippen LogP contribution in [-0.2, 0) is 11.2 Å². The van der Waals surface area contributed by atoms with E-state index < -0.39 is 5.97 Å². The molecule has 0 saturated heterocycles. The predicted molar refractivity (Wildman–Crippen MR) is 96.9 cm³/mol. The number of benzene rings is 2. The molecule has 0 radical (unpaired) electrons. The minimum absolute atomic E-state index is 0.00226. The molecule has 2 aromatic carbocycles. The lowest BCUT2D eigenvalue weighted by molar-refractivity contribution is -0.136. The van der Waals surface area contributed by atoms with E-state index in [0.717, 1.165) is 32.2 Å². The lowest BCUT2D eigenvalue weighted by Gasteiger charge is -2.07. The van der Waals surface area contributed by atoms with Crippen LogP contribution in [0.1, 0.15) is 30.9 Å². The summed E-state index contributed by atoms with van der Waals surface area (Å²) in [5.41, 5.74) is 4.94. The van der Waals surface area contributed by atoms with E-state index in [2.05, 4.69) is 59.0 Å². The molecule has 0 unspecified atom stereocenters. The molecule has 0 amide bonds. The summed E-state index contributed by atoms with van der Waals surface area (Å²) in [5, 5.41) is 10.2. The monoisotopic (exact) mass is 371 g/mol. The molecule has 0 aliphatic rings. The van der Waals surface area contributed by atoms with Crippen molar-refractivity contribution < 1.29 is 9.90 Å². The van der Waals surface area contributed by atoms with E-state index >= 15 is 0 Å². The van der Waals surface area contributed by atoms with Crippen molar-refractivity contribution in [3.05, 3.63) is 58.1 Å². The van der Waals surface area contributed by atoms with Crippen molar-refractivity contribution in [3.8, 4) is 11.3 Å². The van der Waals surface area contributed by atoms with Gasteiger partial charge in [-0.1, -0.05) is 54.0 Å². The Balaban J connectivity index is 2.17. The maximum atomic E-state index is 11.3. The van der Waals surface area contributed by atoms with Gasteiger partial charge in [0.2, 0.25) is 0 Å². The largest absolute Gasteiger partial charge is 0.481 e. The molecule has 1 aromatic heterocycles. The van der Waals surface area contributed by atoms with E-state index in [1.807, 2.05) is 18.2 Å². The SMILES string of the molecule is CC(C)c1ccc(-c2[nH]c3ccc(Br)cc3c2CC(=O)O)cc1. The normalized spacial score (nSPS) is 11.3. The fourth-order valence-electron chi connectivity index (χ4n) is 2.84. The Morgan fingerprint density at radius 1 is 1.17 bits per heavy atom. The molecule has 118 valence electrons. The summed E-state index contributed by atoms with van der Waals surface area (Å²) >= 11 is 3.46. The van der Waals surface area contributed by atoms with Crippen LogP contribution in [0.2, 0.25) is 0 Å². The number of H-pyrrole nitrogens is 1. The van der Waals surface area contributed by atoms with Crippen molar-refractivity contribution in [2.24, 2.45) is 0 Å². The molecule has 0 bridgehead atoms. The standard InChI is InChI=1S/C19H18BrNO2/c1-11(2)12-3-5-13(6-4-12)19-16(10-18(22)23)15-9-14(20)7-8-17(15)21-19/h3-9,11,21H,10H2,1-2H3,(H,22,23). The zero-order chi connectivity index (χ0) is 16.6. The van der Waals surface area contributed by atoms with E-state index in [1.165, 1.54) is 5.56 Å². The van der Waals surface area contributed by atoms with Crippen molar-refractivity contribution in [2.75, 3.05) is 0 Å². The van der Waals surface area contributed by atoms with Crippen LogP contribution in [0.5, 0.6) is 0 Å². The Kier molecular flexibility index (Phi) is 4.26. The van der Waals surface area contributed by atoms with Gasteiger partial charge in [0.25, 0.3) is 0 Å². The molecule has 0 saturated carbocycles. The maximum absolute atomic E-state index is 11.3. The molecule has 1 heterocycles. The highest BCUT2D eigenvalue weighted by Gasteiger charge is 2.16. The number of aromatic nitrogens is 1. The van der Waals surface area contributed by atoms with Gasteiger partial charge in [-0.25, -0.2) is 0 Å². The first kappa shape index (κ1) is 15.8. The van der Waals surface area contributed by atoms with Gasteiger partial charge in [0.05, 0.1) is 12.1 Å². The van der Waals surface area contributed by atoms with Crippen molar-refractivity contribution in [1.29, 1.82) is 0 Å². The van der Waals surface area contributed by atoms with Gasteiger partial charge in [0.1, 0.15) is 0 Å². The van der Waals surface area contributed by atoms with Gasteiger partial charge in [-0.3, -0.25) is 4.79 Å². The van der Waals surface area contributed by atoms with Gasteiger partial charge >= 0.3 is 5.97 Å². The summed E-state index contributed by atoms with van der Waals surface area (Å²) in [6.07, 6.45) is -0.00226. The van der Waals surface area contributed by atoms with Gasteiger partial charge < -0.3 is 10.1 Å². The zero-order valence-electron chi connectivity index (χ0n) is 13.1. The topological polar surface area (TPSA) is 53.1 Å². The molecule has 3 rings (SSSR count). The third-order valence-corrected chi connectivity index (χ3v) is 4.56. The number of aliphatic carboxylic acids is 1. The van der Waals surface area contributed by atoms with Gasteiger partial charge in [-0.15, -0.1) is 0 Å². The summed E-state index contributed by atoms with van der Waals surface area (Å²) in [4.78, 5) is 14.7. The zero-order valence-corrected chi connectivity index (χ0v) is 14.6. The molecule has 23 heavy (non-hydrogen) atoms. The third kappa shape index (κ3) is 3.17. The number of hydrogen-bond acceptors (Lipinski definition) is 1. The first-order valence-electron chi connectivity index (χ1n) is 7.58. The number of fused-ring (bicyclic) bond motifs is 1. The van der Waals surface area contributed by atoms with Crippen molar-refractivity contribution >= 4 is 32.8 Å². The summed E-state index contributed by atoms with van der Waals surface area (Å²) < 4.78 is 0.942. The van der Waals surface area contributed by atoms with E-state index in [9.17, 15) is 9.90 Å². The lowest BCUT2D eigenvalue weighted by Crippen LogP contribution is -2.01. The summed E-state index contributed by atoms with van der Waals surface area (Å²) in [7, 11) is 0. The van der Waals surface area contributed by atoms with Gasteiger partial charge in [0.15, 0.2) is 0 Å². The van der Waals surface area contributed by atoms with Crippen LogP contribution in [0.15, 0.2) is 46.9 Å². The van der Waals surface area contributed by atoms with E-state index in [0.29, 0.717) is 5.92 Å². The van der Waals surface area contributed by atoms with Gasteiger partial charge in [0, 0.05) is 15.4 Å². The molecule has 4 heteroatoms. The highest BCUT2D eigenvalue weighted by atomic mass is 79.9. The molecule has 2 N–H and O–H groups in total. The second-order valence-corrected chi connectivity index (χ2v) is 6.93. The first-order valence-corrected chi connectivity index (χ1v) is 8.37. The van der Waals surface area contributed by atoms with Crippen LogP contribution in [-0.4, -0.2) is 16.1 Å². The van der Waals surface area contributed by atoms with Crippen LogP contribution >= 0.6 is 15.9 Å². The second-order valence-electron chi connectivity index (χ2n) is 6.02. The van der Waals surface area contributed by atoms with Crippen LogP contribution in [0.25, 0.3) is 22.2 Å². The second kappa shape index (κ2) is 6.20. The Bertz CT molecular complexity index is 863. The Morgan fingerprint density at radius 2 is 1.87 bits per heavy atom. The van der Waals surface area contributed by atoms with Gasteiger partial charge in [-0.2, -0.15) is 0 Å². The van der Waals surface area contributed by atoms with Crippen molar-refractivity contribution in [3.63, 3.8) is 0 Å². The number of carboxylic acids is 1. The van der Waals surface area contributed by atoms with Crippen LogP contribution < -0.4 is 0 Å². The molecule has 0 spiro atoms. The average molecular weight is 372 g/mol. The van der Waals surface area contributed by atoms with Crippen molar-refractivity contribution in [1.82, 2.24) is 4.98 Å². The number of aromatic amines is 1. The molecule has 0 atom stereocenters. The van der Waals surface area contributed by atoms with E-state index in [4.69, 9.17) is 0 Å². The Morgan fingerprint density at radius 3 is 2.48 bits per heavy atom. The lowest BCUT2D eigenvalue weighted by atomic mass is 9.98. The number of hydrogen-bond donors (Lipinski definition) is 2. The highest BCUT2D eigenvalue weighted by molar-refractivity contribution is 9.10. The molecular formula is C19H18BrNO2. The number of halogens is 1. The number of rotatable bonds is 4. The number of nitrogens with one attached hydrogen (secondary N) is 1. The average Bonchev–Trinajstić information content (AvgIpc) is 2.85.